The molecule has 0 spiro atoms. The summed E-state index contributed by atoms with van der Waals surface area (Å²) in [7, 11) is 0. The molecule has 6 nitrogen and oxygen atoms in total. The Labute approximate surface area is 158 Å². The fraction of sp³-hybridized carbons (Fsp3) is 0.500. The van der Waals surface area contributed by atoms with Crippen molar-refractivity contribution in [1.29, 1.82) is 0 Å². The molecule has 144 valence electrons. The van der Waals surface area contributed by atoms with Gasteiger partial charge in [-0.25, -0.2) is 9.37 Å². The molecule has 27 heavy (non-hydrogen) atoms. The molecule has 0 amide bonds. The van der Waals surface area contributed by atoms with E-state index in [1.807, 2.05) is 32.9 Å². The molecule has 0 aliphatic carbocycles. The lowest BCUT2D eigenvalue weighted by Gasteiger charge is -2.26. The Morgan fingerprint density at radius 2 is 1.89 bits per heavy atom. The lowest BCUT2D eigenvalue weighted by Crippen LogP contribution is -2.29. The minimum atomic E-state index is -0.364. The zero-order valence-electron chi connectivity index (χ0n) is 15.9. The van der Waals surface area contributed by atoms with Gasteiger partial charge in [-0.3, -0.25) is 9.88 Å². The summed E-state index contributed by atoms with van der Waals surface area (Å²) in [6, 6.07) is 5.10. The molecule has 0 N–H and O–H groups in total. The molecule has 2 atom stereocenters. The van der Waals surface area contributed by atoms with E-state index in [0.717, 1.165) is 36.6 Å². The molecule has 2 aromatic heterocycles. The topological polar surface area (TPSA) is 56.7 Å². The van der Waals surface area contributed by atoms with Crippen molar-refractivity contribution in [2.45, 2.75) is 39.3 Å². The number of aryl methyl sites for hydroxylation is 2. The molecule has 1 saturated heterocycles. The zero-order chi connectivity index (χ0) is 19.0. The Balaban J connectivity index is 1.45. The predicted octanol–water partition coefficient (Wildman–Crippen LogP) is 3.22. The van der Waals surface area contributed by atoms with Crippen molar-refractivity contribution >= 4 is 0 Å². The fourth-order valence-electron chi connectivity index (χ4n) is 3.69. The van der Waals surface area contributed by atoms with Gasteiger partial charge < -0.3 is 14.2 Å². The monoisotopic (exact) mass is 373 g/mol. The molecule has 0 unspecified atom stereocenters. The Bertz CT molecular complexity index is 825. The second-order valence-electron chi connectivity index (χ2n) is 7.14. The highest BCUT2D eigenvalue weighted by Gasteiger charge is 2.31. The minimum absolute atomic E-state index is 0.0638. The van der Waals surface area contributed by atoms with E-state index in [-0.39, 0.29) is 18.0 Å². The first kappa shape index (κ1) is 18.0. The van der Waals surface area contributed by atoms with Gasteiger partial charge in [0.15, 0.2) is 5.75 Å². The normalized spacial score (nSPS) is 20.5. The summed E-state index contributed by atoms with van der Waals surface area (Å²) in [6.07, 6.45) is 0.950. The minimum Gasteiger partial charge on any atom is -0.489 e. The number of rotatable bonds is 4. The molecule has 2 aliphatic heterocycles. The van der Waals surface area contributed by atoms with Crippen LogP contribution >= 0.6 is 0 Å². The van der Waals surface area contributed by atoms with Crippen LogP contribution in [0.1, 0.15) is 36.5 Å². The largest absolute Gasteiger partial charge is 0.489 e. The van der Waals surface area contributed by atoms with E-state index in [1.54, 1.807) is 0 Å². The van der Waals surface area contributed by atoms with Gasteiger partial charge in [-0.2, -0.15) is 0 Å². The number of hydrogen-bond acceptors (Lipinski definition) is 6. The van der Waals surface area contributed by atoms with Crippen molar-refractivity contribution in [3.8, 4) is 17.4 Å². The predicted molar refractivity (Wildman–Crippen MR) is 97.9 cm³/mol. The molecule has 1 fully saturated rings. The zero-order valence-corrected chi connectivity index (χ0v) is 15.9. The second-order valence-corrected chi connectivity index (χ2v) is 7.14. The van der Waals surface area contributed by atoms with Gasteiger partial charge in [0.2, 0.25) is 0 Å². The average Bonchev–Trinajstić information content (AvgIpc) is 3.08. The van der Waals surface area contributed by atoms with E-state index in [1.165, 1.54) is 6.07 Å². The van der Waals surface area contributed by atoms with Gasteiger partial charge in [0.25, 0.3) is 5.88 Å². The first-order chi connectivity index (χ1) is 13.0. The van der Waals surface area contributed by atoms with E-state index in [4.69, 9.17) is 14.2 Å². The van der Waals surface area contributed by atoms with E-state index in [2.05, 4.69) is 14.9 Å². The van der Waals surface area contributed by atoms with Crippen LogP contribution in [0, 0.1) is 19.7 Å². The summed E-state index contributed by atoms with van der Waals surface area (Å²) in [6.45, 7) is 8.27. The molecule has 0 bridgehead atoms. The number of nitrogens with zero attached hydrogens (tertiary/aromatic N) is 3. The smallest absolute Gasteiger partial charge is 0.257 e. The lowest BCUT2D eigenvalue weighted by atomic mass is 10.1. The highest BCUT2D eigenvalue weighted by Crippen LogP contribution is 2.34. The van der Waals surface area contributed by atoms with Crippen LogP contribution in [0.2, 0.25) is 0 Å². The molecule has 0 aromatic carbocycles. The summed E-state index contributed by atoms with van der Waals surface area (Å²) in [4.78, 5) is 10.9. The van der Waals surface area contributed by atoms with E-state index in [9.17, 15) is 4.39 Å². The molecule has 0 saturated carbocycles. The summed E-state index contributed by atoms with van der Waals surface area (Å²) >= 11 is 0. The van der Waals surface area contributed by atoms with Gasteiger partial charge >= 0.3 is 0 Å². The van der Waals surface area contributed by atoms with Crippen molar-refractivity contribution in [2.24, 2.45) is 0 Å². The second kappa shape index (κ2) is 7.31. The third kappa shape index (κ3) is 3.83. The quantitative estimate of drug-likeness (QED) is 0.820. The molecule has 2 aromatic rings. The first-order valence-electron chi connectivity index (χ1n) is 9.31. The van der Waals surface area contributed by atoms with E-state index < -0.39 is 0 Å². The molecule has 4 rings (SSSR count). The molecule has 2 aliphatic rings. The van der Waals surface area contributed by atoms with Gasteiger partial charge in [0.1, 0.15) is 30.9 Å². The number of fused-ring (bicyclic) bond motifs is 1. The average molecular weight is 373 g/mol. The third-order valence-corrected chi connectivity index (χ3v) is 4.99. The van der Waals surface area contributed by atoms with Crippen molar-refractivity contribution in [3.05, 3.63) is 41.1 Å². The summed E-state index contributed by atoms with van der Waals surface area (Å²) in [5, 5.41) is 0. The van der Waals surface area contributed by atoms with Crippen LogP contribution in [0.15, 0.2) is 18.2 Å². The fourth-order valence-corrected chi connectivity index (χ4v) is 3.69. The Hall–Kier alpha value is -2.41. The van der Waals surface area contributed by atoms with Gasteiger partial charge in [0, 0.05) is 42.7 Å². The maximum atomic E-state index is 14.6. The van der Waals surface area contributed by atoms with Crippen LogP contribution in [-0.2, 0) is 0 Å². The number of aromatic nitrogens is 2. The van der Waals surface area contributed by atoms with Crippen molar-refractivity contribution in [3.63, 3.8) is 0 Å². The van der Waals surface area contributed by atoms with Crippen LogP contribution in [0.25, 0.3) is 0 Å². The number of likely N-dealkylation sites (tertiary alicyclic amines) is 1. The highest BCUT2D eigenvalue weighted by molar-refractivity contribution is 5.37. The van der Waals surface area contributed by atoms with Crippen LogP contribution in [0.5, 0.6) is 17.4 Å². The molecule has 0 radical (unpaired) electrons. The molecule has 4 heterocycles. The SMILES string of the molecule is Cc1cc(O[C@@H]2CCN([C@@H](C)c3nc4c(cc3F)OCCO4)C2)cc(C)n1. The van der Waals surface area contributed by atoms with E-state index >= 15 is 0 Å². The Morgan fingerprint density at radius 3 is 2.67 bits per heavy atom. The van der Waals surface area contributed by atoms with Crippen LogP contribution in [0.3, 0.4) is 0 Å². The van der Waals surface area contributed by atoms with Gasteiger partial charge in [-0.1, -0.05) is 0 Å². The maximum absolute atomic E-state index is 14.6. The highest BCUT2D eigenvalue weighted by atomic mass is 19.1. The Kier molecular flexibility index (Phi) is 4.86. The number of halogens is 1. The maximum Gasteiger partial charge on any atom is 0.257 e. The van der Waals surface area contributed by atoms with Crippen molar-refractivity contribution in [1.82, 2.24) is 14.9 Å². The Morgan fingerprint density at radius 1 is 1.15 bits per heavy atom. The number of hydrogen-bond donors (Lipinski definition) is 0. The lowest BCUT2D eigenvalue weighted by molar-refractivity contribution is 0.158. The summed E-state index contributed by atoms with van der Waals surface area (Å²) in [5.74, 6) is 1.22. The third-order valence-electron chi connectivity index (χ3n) is 4.99. The van der Waals surface area contributed by atoms with Crippen LogP contribution in [0.4, 0.5) is 4.39 Å². The molecular formula is C20H24FN3O3. The van der Waals surface area contributed by atoms with E-state index in [0.29, 0.717) is 30.5 Å². The van der Waals surface area contributed by atoms with Gasteiger partial charge in [-0.05, 0) is 27.2 Å². The van der Waals surface area contributed by atoms with Crippen LogP contribution < -0.4 is 14.2 Å². The van der Waals surface area contributed by atoms with Crippen molar-refractivity contribution < 1.29 is 18.6 Å². The van der Waals surface area contributed by atoms with Crippen LogP contribution in [-0.4, -0.2) is 47.3 Å². The summed E-state index contributed by atoms with van der Waals surface area (Å²) < 4.78 is 31.6. The first-order valence-corrected chi connectivity index (χ1v) is 9.31. The van der Waals surface area contributed by atoms with Gasteiger partial charge in [-0.15, -0.1) is 0 Å². The molecule has 7 heteroatoms. The van der Waals surface area contributed by atoms with Crippen molar-refractivity contribution in [2.75, 3.05) is 26.3 Å². The standard InChI is InChI=1S/C20H24FN3O3/c1-12-8-16(9-13(2)22-12)27-15-4-5-24(11-15)14(3)19-17(21)10-18-20(23-19)26-7-6-25-18/h8-10,14-15H,4-7,11H2,1-3H3/t14-,15+/m0/s1. The summed E-state index contributed by atoms with van der Waals surface area (Å²) in [5.41, 5.74) is 2.27. The molecular weight excluding hydrogens is 349 g/mol. The number of ether oxygens (including phenoxy) is 3. The number of pyridine rings is 2. The van der Waals surface area contributed by atoms with Gasteiger partial charge in [0.05, 0.1) is 11.7 Å².